The highest BCUT2D eigenvalue weighted by Crippen LogP contribution is 2.36. The van der Waals surface area contributed by atoms with Crippen molar-refractivity contribution in [1.82, 2.24) is 9.13 Å². The van der Waals surface area contributed by atoms with Crippen molar-refractivity contribution in [3.63, 3.8) is 0 Å². The number of aromatic nitrogens is 2. The first kappa shape index (κ1) is 24.9. The molecule has 2 heterocycles. The molecule has 0 bridgehead atoms. The Hall–Kier alpha value is -5.08. The highest BCUT2D eigenvalue weighted by atomic mass is 15.0. The van der Waals surface area contributed by atoms with Gasteiger partial charge in [-0.1, -0.05) is 91.5 Å². The van der Waals surface area contributed by atoms with Gasteiger partial charge in [0.2, 0.25) is 0 Å². The number of aryl methyl sites for hydroxylation is 1. The fourth-order valence-corrected chi connectivity index (χ4v) is 6.51. The molecule has 0 atom stereocenters. The quantitative estimate of drug-likeness (QED) is 0.197. The second-order valence-corrected chi connectivity index (χ2v) is 10.8. The Bertz CT molecular complexity index is 2090. The molecule has 0 unspecified atom stereocenters. The Morgan fingerprint density at radius 1 is 0.634 bits per heavy atom. The molecule has 0 aliphatic heterocycles. The molecule has 7 rings (SSSR count). The fourth-order valence-electron chi connectivity index (χ4n) is 6.51. The molecule has 41 heavy (non-hydrogen) atoms. The number of hydrogen-bond donors (Lipinski definition) is 0. The number of para-hydroxylation sites is 4. The standard InChI is InChI=1S/C39H32N2/c1-5-30(26(2)24-28(4)40-36-18-10-6-14-32(36)33-15-7-11-19-37(33)40)31-23-22-29(25-27(31)3)41-38-20-12-8-16-34(38)35-17-9-13-21-39(35)41/h5-25H,4H2,1-3H3/b26-24-,30-5+. The molecule has 0 radical (unpaired) electrons. The van der Waals surface area contributed by atoms with Crippen LogP contribution in [0.4, 0.5) is 0 Å². The molecule has 0 saturated carbocycles. The summed E-state index contributed by atoms with van der Waals surface area (Å²) in [5.41, 5.74) is 11.8. The van der Waals surface area contributed by atoms with Crippen molar-refractivity contribution in [1.29, 1.82) is 0 Å². The maximum absolute atomic E-state index is 4.53. The Kier molecular flexibility index (Phi) is 5.98. The number of rotatable bonds is 5. The molecule has 0 aliphatic rings. The zero-order chi connectivity index (χ0) is 28.1. The first-order chi connectivity index (χ1) is 20.1. The van der Waals surface area contributed by atoms with Crippen LogP contribution in [0.2, 0.25) is 0 Å². The minimum atomic E-state index is 0.957. The zero-order valence-corrected chi connectivity index (χ0v) is 23.7. The smallest absolute Gasteiger partial charge is 0.0541 e. The van der Waals surface area contributed by atoms with E-state index < -0.39 is 0 Å². The van der Waals surface area contributed by atoms with Crippen LogP contribution in [-0.2, 0) is 0 Å². The van der Waals surface area contributed by atoms with Crippen molar-refractivity contribution in [2.45, 2.75) is 20.8 Å². The van der Waals surface area contributed by atoms with Gasteiger partial charge in [0.15, 0.2) is 0 Å². The maximum atomic E-state index is 4.53. The molecule has 2 aromatic heterocycles. The van der Waals surface area contributed by atoms with Gasteiger partial charge in [0.25, 0.3) is 0 Å². The SMILES string of the molecule is C=C(/C=C(C)\C(=C/C)c1ccc(-n2c3ccccc3c3ccccc32)cc1C)n1c2ccccc2c2ccccc21. The van der Waals surface area contributed by atoms with E-state index in [2.05, 4.69) is 164 Å². The lowest BCUT2D eigenvalue weighted by molar-refractivity contribution is 1.17. The molecule has 5 aromatic carbocycles. The van der Waals surface area contributed by atoms with Gasteiger partial charge in [-0.2, -0.15) is 0 Å². The van der Waals surface area contributed by atoms with Crippen LogP contribution >= 0.6 is 0 Å². The van der Waals surface area contributed by atoms with E-state index in [-0.39, 0.29) is 0 Å². The van der Waals surface area contributed by atoms with Gasteiger partial charge in [0.1, 0.15) is 0 Å². The van der Waals surface area contributed by atoms with Crippen LogP contribution in [0.5, 0.6) is 0 Å². The van der Waals surface area contributed by atoms with E-state index >= 15 is 0 Å². The first-order valence-corrected chi connectivity index (χ1v) is 14.2. The number of fused-ring (bicyclic) bond motifs is 6. The minimum absolute atomic E-state index is 0.957. The van der Waals surface area contributed by atoms with Crippen molar-refractivity contribution >= 4 is 54.9 Å². The van der Waals surface area contributed by atoms with Gasteiger partial charge in [0.05, 0.1) is 22.1 Å². The number of nitrogens with zero attached hydrogens (tertiary/aromatic N) is 2. The molecule has 0 aliphatic carbocycles. The van der Waals surface area contributed by atoms with Crippen LogP contribution in [0.1, 0.15) is 25.0 Å². The predicted octanol–water partition coefficient (Wildman–Crippen LogP) is 10.7. The summed E-state index contributed by atoms with van der Waals surface area (Å²) in [7, 11) is 0. The molecule has 0 spiro atoms. The van der Waals surface area contributed by atoms with Gasteiger partial charge in [0, 0.05) is 32.9 Å². The summed E-state index contributed by atoms with van der Waals surface area (Å²) >= 11 is 0. The Morgan fingerprint density at radius 3 is 1.59 bits per heavy atom. The summed E-state index contributed by atoms with van der Waals surface area (Å²) in [6.45, 7) is 11.1. The van der Waals surface area contributed by atoms with Crippen LogP contribution in [-0.4, -0.2) is 9.13 Å². The van der Waals surface area contributed by atoms with E-state index in [4.69, 9.17) is 0 Å². The van der Waals surface area contributed by atoms with Gasteiger partial charge in [-0.3, -0.25) is 0 Å². The van der Waals surface area contributed by atoms with Crippen LogP contribution in [0.25, 0.3) is 60.6 Å². The Balaban J connectivity index is 1.30. The van der Waals surface area contributed by atoms with E-state index in [0.717, 1.165) is 5.70 Å². The third kappa shape index (κ3) is 3.95. The lowest BCUT2D eigenvalue weighted by Crippen LogP contribution is -1.98. The first-order valence-electron chi connectivity index (χ1n) is 14.2. The normalized spacial score (nSPS) is 12.7. The number of hydrogen-bond acceptors (Lipinski definition) is 0. The molecule has 0 fully saturated rings. The van der Waals surface area contributed by atoms with E-state index in [0.29, 0.717) is 0 Å². The van der Waals surface area contributed by atoms with Crippen LogP contribution in [0.15, 0.2) is 140 Å². The van der Waals surface area contributed by atoms with E-state index in [1.165, 1.54) is 71.6 Å². The molecule has 198 valence electrons. The summed E-state index contributed by atoms with van der Waals surface area (Å²) in [6, 6.07) is 41.3. The highest BCUT2D eigenvalue weighted by Gasteiger charge is 2.15. The molecule has 0 saturated heterocycles. The van der Waals surface area contributed by atoms with E-state index in [1.807, 2.05) is 0 Å². The molecular formula is C39H32N2. The second kappa shape index (κ2) is 9.83. The molecule has 2 nitrogen and oxygen atoms in total. The fraction of sp³-hybridized carbons (Fsp3) is 0.0769. The lowest BCUT2D eigenvalue weighted by atomic mass is 9.94. The number of allylic oxidation sites excluding steroid dienone is 5. The monoisotopic (exact) mass is 528 g/mol. The van der Waals surface area contributed by atoms with Gasteiger partial charge >= 0.3 is 0 Å². The van der Waals surface area contributed by atoms with Gasteiger partial charge in [-0.25, -0.2) is 0 Å². The highest BCUT2D eigenvalue weighted by molar-refractivity contribution is 6.11. The van der Waals surface area contributed by atoms with Gasteiger partial charge in [-0.05, 0) is 85.5 Å². The predicted molar refractivity (Wildman–Crippen MR) is 178 cm³/mol. The topological polar surface area (TPSA) is 9.86 Å². The largest absolute Gasteiger partial charge is 0.310 e. The lowest BCUT2D eigenvalue weighted by Gasteiger charge is -2.16. The minimum Gasteiger partial charge on any atom is -0.310 e. The summed E-state index contributed by atoms with van der Waals surface area (Å²) in [5.74, 6) is 0. The summed E-state index contributed by atoms with van der Waals surface area (Å²) in [6.07, 6.45) is 4.43. The van der Waals surface area contributed by atoms with Crippen molar-refractivity contribution in [2.24, 2.45) is 0 Å². The van der Waals surface area contributed by atoms with Crippen molar-refractivity contribution in [3.05, 3.63) is 151 Å². The van der Waals surface area contributed by atoms with Gasteiger partial charge in [-0.15, -0.1) is 0 Å². The summed E-state index contributed by atoms with van der Waals surface area (Å²) in [4.78, 5) is 0. The van der Waals surface area contributed by atoms with E-state index in [9.17, 15) is 0 Å². The second-order valence-electron chi connectivity index (χ2n) is 10.8. The zero-order valence-electron chi connectivity index (χ0n) is 23.7. The average Bonchev–Trinajstić information content (AvgIpc) is 3.51. The third-order valence-electron chi connectivity index (χ3n) is 8.30. The third-order valence-corrected chi connectivity index (χ3v) is 8.30. The molecule has 7 aromatic rings. The Morgan fingerprint density at radius 2 is 1.10 bits per heavy atom. The maximum Gasteiger partial charge on any atom is 0.0541 e. The van der Waals surface area contributed by atoms with Gasteiger partial charge < -0.3 is 9.13 Å². The summed E-state index contributed by atoms with van der Waals surface area (Å²) < 4.78 is 4.66. The number of benzene rings is 5. The average molecular weight is 529 g/mol. The van der Waals surface area contributed by atoms with Crippen LogP contribution in [0.3, 0.4) is 0 Å². The molecular weight excluding hydrogens is 496 g/mol. The Labute approximate surface area is 240 Å². The van der Waals surface area contributed by atoms with Crippen LogP contribution < -0.4 is 0 Å². The molecule has 2 heteroatoms. The molecule has 0 N–H and O–H groups in total. The van der Waals surface area contributed by atoms with E-state index in [1.54, 1.807) is 0 Å². The van der Waals surface area contributed by atoms with Crippen molar-refractivity contribution in [3.8, 4) is 5.69 Å². The summed E-state index contributed by atoms with van der Waals surface area (Å²) in [5, 5.41) is 5.05. The van der Waals surface area contributed by atoms with Crippen molar-refractivity contribution in [2.75, 3.05) is 0 Å². The van der Waals surface area contributed by atoms with Crippen molar-refractivity contribution < 1.29 is 0 Å². The molecule has 0 amide bonds. The van der Waals surface area contributed by atoms with Crippen LogP contribution in [0, 0.1) is 6.92 Å².